The van der Waals surface area contributed by atoms with Gasteiger partial charge < -0.3 is 5.11 Å². The molecule has 0 aromatic heterocycles. The molecule has 0 radical (unpaired) electrons. The van der Waals surface area contributed by atoms with Crippen LogP contribution in [0.25, 0.3) is 0 Å². The number of carboxylic acid groups (broad SMARTS) is 1. The number of carbonyl (C=O) groups is 1. The van der Waals surface area contributed by atoms with Crippen molar-refractivity contribution in [1.29, 1.82) is 0 Å². The van der Waals surface area contributed by atoms with E-state index in [1.807, 2.05) is 0 Å². The minimum absolute atomic E-state index is 0.145. The third-order valence-corrected chi connectivity index (χ3v) is 0.984. The van der Waals surface area contributed by atoms with Gasteiger partial charge in [0.15, 0.2) is 0 Å². The number of alkyl halides is 1. The fourth-order valence-electron chi connectivity index (χ4n) is 0.427. The van der Waals surface area contributed by atoms with E-state index in [0.717, 1.165) is 0 Å². The lowest BCUT2D eigenvalue weighted by Gasteiger charge is -1.99. The number of halogens is 1. The zero-order valence-electron chi connectivity index (χ0n) is 5.22. The zero-order chi connectivity index (χ0) is 7.44. The average molecular weight is 149 g/mol. The summed E-state index contributed by atoms with van der Waals surface area (Å²) in [5.74, 6) is -0.970. The van der Waals surface area contributed by atoms with Gasteiger partial charge in [0.2, 0.25) is 0 Å². The van der Waals surface area contributed by atoms with Gasteiger partial charge in [-0.3, -0.25) is 0 Å². The summed E-state index contributed by atoms with van der Waals surface area (Å²) in [4.78, 5) is 10.1. The normalized spacial score (nSPS) is 12.7. The molecule has 0 rings (SSSR count). The van der Waals surface area contributed by atoms with E-state index < -0.39 is 5.97 Å². The van der Waals surface area contributed by atoms with Crippen molar-refractivity contribution in [2.45, 2.75) is 18.7 Å². The Labute approximate surface area is 59.1 Å². The maximum Gasteiger partial charge on any atom is 0.331 e. The van der Waals surface area contributed by atoms with Crippen LogP contribution in [-0.4, -0.2) is 16.5 Å². The average Bonchev–Trinajstić information content (AvgIpc) is 1.63. The van der Waals surface area contributed by atoms with Crippen LogP contribution in [0.5, 0.6) is 0 Å². The Kier molecular flexibility index (Phi) is 3.32. The van der Waals surface area contributed by atoms with Gasteiger partial charge in [-0.15, -0.1) is 11.6 Å². The molecule has 0 saturated carbocycles. The van der Waals surface area contributed by atoms with Gasteiger partial charge in [0.25, 0.3) is 0 Å². The largest absolute Gasteiger partial charge is 0.478 e. The van der Waals surface area contributed by atoms with Crippen LogP contribution < -0.4 is 0 Å². The highest BCUT2D eigenvalue weighted by molar-refractivity contribution is 6.20. The van der Waals surface area contributed by atoms with E-state index in [9.17, 15) is 4.79 Å². The van der Waals surface area contributed by atoms with E-state index >= 15 is 0 Å². The second-order valence-electron chi connectivity index (χ2n) is 1.89. The molecule has 0 aromatic carbocycles. The minimum atomic E-state index is -0.970. The number of hydrogen-bond donors (Lipinski definition) is 1. The molecule has 1 atom stereocenters. The van der Waals surface area contributed by atoms with E-state index in [0.29, 0.717) is 6.42 Å². The summed E-state index contributed by atoms with van der Waals surface area (Å²) in [5.41, 5.74) is 0.164. The lowest BCUT2D eigenvalue weighted by Crippen LogP contribution is -2.03. The molecule has 0 aromatic rings. The first-order valence-electron chi connectivity index (χ1n) is 2.59. The number of carboxylic acids is 1. The lowest BCUT2D eigenvalue weighted by molar-refractivity contribution is -0.132. The fraction of sp³-hybridized carbons (Fsp3) is 0.500. The molecule has 0 heterocycles. The summed E-state index contributed by atoms with van der Waals surface area (Å²) in [7, 11) is 0. The fourth-order valence-corrected chi connectivity index (χ4v) is 0.613. The molecule has 0 spiro atoms. The van der Waals surface area contributed by atoms with Crippen molar-refractivity contribution in [3.63, 3.8) is 0 Å². The molecular formula is C6H9ClO2. The molecule has 0 aliphatic carbocycles. The second kappa shape index (κ2) is 3.51. The van der Waals surface area contributed by atoms with Crippen molar-refractivity contribution in [3.05, 3.63) is 12.2 Å². The van der Waals surface area contributed by atoms with Gasteiger partial charge in [0.05, 0.1) is 0 Å². The third kappa shape index (κ3) is 4.03. The maximum atomic E-state index is 10.1. The van der Waals surface area contributed by atoms with Gasteiger partial charge in [0, 0.05) is 11.0 Å². The van der Waals surface area contributed by atoms with Gasteiger partial charge in [-0.1, -0.05) is 6.58 Å². The van der Waals surface area contributed by atoms with Crippen LogP contribution in [0.4, 0.5) is 0 Å². The molecule has 9 heavy (non-hydrogen) atoms. The predicted molar refractivity (Wildman–Crippen MR) is 36.7 cm³/mol. The van der Waals surface area contributed by atoms with Gasteiger partial charge in [-0.2, -0.15) is 0 Å². The Morgan fingerprint density at radius 1 is 1.89 bits per heavy atom. The van der Waals surface area contributed by atoms with Crippen molar-refractivity contribution in [2.75, 3.05) is 0 Å². The van der Waals surface area contributed by atoms with E-state index in [1.54, 1.807) is 6.92 Å². The molecule has 0 aliphatic heterocycles. The Balaban J connectivity index is 3.65. The van der Waals surface area contributed by atoms with Crippen LogP contribution >= 0.6 is 11.6 Å². The van der Waals surface area contributed by atoms with Crippen LogP contribution in [0.15, 0.2) is 12.2 Å². The monoisotopic (exact) mass is 148 g/mol. The van der Waals surface area contributed by atoms with Crippen LogP contribution in [0, 0.1) is 0 Å². The molecule has 0 fully saturated rings. The van der Waals surface area contributed by atoms with Gasteiger partial charge in [-0.25, -0.2) is 4.79 Å². The van der Waals surface area contributed by atoms with Crippen LogP contribution in [0.2, 0.25) is 0 Å². The Hall–Kier alpha value is -0.500. The minimum Gasteiger partial charge on any atom is -0.478 e. The maximum absolute atomic E-state index is 10.1. The molecule has 1 N–H and O–H groups in total. The summed E-state index contributed by atoms with van der Waals surface area (Å²) in [5, 5.41) is 8.13. The van der Waals surface area contributed by atoms with E-state index in [4.69, 9.17) is 16.7 Å². The van der Waals surface area contributed by atoms with Crippen molar-refractivity contribution in [3.8, 4) is 0 Å². The topological polar surface area (TPSA) is 37.3 Å². The lowest BCUT2D eigenvalue weighted by atomic mass is 10.2. The second-order valence-corrected chi connectivity index (χ2v) is 2.64. The number of hydrogen-bond acceptors (Lipinski definition) is 1. The summed E-state index contributed by atoms with van der Waals surface area (Å²) in [6, 6.07) is 0. The number of rotatable bonds is 3. The molecule has 0 bridgehead atoms. The summed E-state index contributed by atoms with van der Waals surface area (Å²) in [6.07, 6.45) is 0.344. The van der Waals surface area contributed by atoms with Crippen LogP contribution in [-0.2, 0) is 4.79 Å². The quantitative estimate of drug-likeness (QED) is 0.488. The van der Waals surface area contributed by atoms with Crippen molar-refractivity contribution < 1.29 is 9.90 Å². The summed E-state index contributed by atoms with van der Waals surface area (Å²) >= 11 is 5.49. The first-order chi connectivity index (χ1) is 4.04. The van der Waals surface area contributed by atoms with E-state index in [1.165, 1.54) is 0 Å². The molecule has 0 amide bonds. The van der Waals surface area contributed by atoms with E-state index in [2.05, 4.69) is 6.58 Å². The molecule has 3 heteroatoms. The molecule has 52 valence electrons. The van der Waals surface area contributed by atoms with Crippen molar-refractivity contribution >= 4 is 17.6 Å². The standard InChI is InChI=1S/C6H9ClO2/c1-4(6(8)9)3-5(2)7/h5H,1,3H2,2H3,(H,8,9). The van der Waals surface area contributed by atoms with Gasteiger partial charge in [0.1, 0.15) is 0 Å². The Bertz CT molecular complexity index is 129. The highest BCUT2D eigenvalue weighted by Crippen LogP contribution is 2.07. The molecular weight excluding hydrogens is 140 g/mol. The van der Waals surface area contributed by atoms with Crippen LogP contribution in [0.3, 0.4) is 0 Å². The van der Waals surface area contributed by atoms with Gasteiger partial charge in [-0.05, 0) is 13.3 Å². The highest BCUT2D eigenvalue weighted by Gasteiger charge is 2.06. The zero-order valence-corrected chi connectivity index (χ0v) is 5.98. The predicted octanol–water partition coefficient (Wildman–Crippen LogP) is 1.64. The SMILES string of the molecule is C=C(CC(C)Cl)C(=O)O. The summed E-state index contributed by atoms with van der Waals surface area (Å²) < 4.78 is 0. The molecule has 0 saturated heterocycles. The first kappa shape index (κ1) is 8.50. The molecule has 2 nitrogen and oxygen atoms in total. The molecule has 0 aliphatic rings. The third-order valence-electron chi connectivity index (χ3n) is 0.830. The smallest absolute Gasteiger partial charge is 0.331 e. The summed E-state index contributed by atoms with van der Waals surface area (Å²) in [6.45, 7) is 5.04. The Morgan fingerprint density at radius 3 is 2.44 bits per heavy atom. The highest BCUT2D eigenvalue weighted by atomic mass is 35.5. The Morgan fingerprint density at radius 2 is 2.33 bits per heavy atom. The first-order valence-corrected chi connectivity index (χ1v) is 3.03. The van der Waals surface area contributed by atoms with Crippen molar-refractivity contribution in [2.24, 2.45) is 0 Å². The van der Waals surface area contributed by atoms with E-state index in [-0.39, 0.29) is 11.0 Å². The molecule has 1 unspecified atom stereocenters. The van der Waals surface area contributed by atoms with Crippen LogP contribution in [0.1, 0.15) is 13.3 Å². The van der Waals surface area contributed by atoms with Gasteiger partial charge >= 0.3 is 5.97 Å². The number of aliphatic carboxylic acids is 1. The van der Waals surface area contributed by atoms with Crippen molar-refractivity contribution in [1.82, 2.24) is 0 Å².